The van der Waals surface area contributed by atoms with Crippen LogP contribution in [0.15, 0.2) is 6.33 Å². The van der Waals surface area contributed by atoms with E-state index in [1.807, 2.05) is 0 Å². The van der Waals surface area contributed by atoms with Crippen molar-refractivity contribution in [1.29, 1.82) is 0 Å². The molecule has 4 aliphatic carbocycles. The molecule has 7 heteroatoms. The normalized spacial score (nSPS) is 39.0. The maximum atomic E-state index is 12.8. The molecule has 118 valence electrons. The Morgan fingerprint density at radius 2 is 2.00 bits per heavy atom. The summed E-state index contributed by atoms with van der Waals surface area (Å²) < 4.78 is 5.44. The van der Waals surface area contributed by atoms with Crippen molar-refractivity contribution in [2.24, 2.45) is 23.0 Å². The lowest BCUT2D eigenvalue weighted by molar-refractivity contribution is -0.160. The number of hydrogen-bond donors (Lipinski definition) is 2. The molecule has 4 fully saturated rings. The average Bonchev–Trinajstić information content (AvgIpc) is 2.84. The van der Waals surface area contributed by atoms with Crippen LogP contribution < -0.4 is 10.5 Å². The molecule has 2 unspecified atom stereocenters. The Morgan fingerprint density at radius 3 is 2.59 bits per heavy atom. The molecule has 1 aromatic heterocycles. The number of aromatic nitrogens is 2. The number of H-pyrrole nitrogens is 1. The Bertz CT molecular complexity index is 642. The Labute approximate surface area is 132 Å². The van der Waals surface area contributed by atoms with Crippen molar-refractivity contribution in [3.05, 3.63) is 12.0 Å². The van der Waals surface area contributed by atoms with Gasteiger partial charge in [-0.1, -0.05) is 0 Å². The summed E-state index contributed by atoms with van der Waals surface area (Å²) in [6.45, 7) is 0. The molecule has 4 bridgehead atoms. The standard InChI is InChI=1S/C15H18ClN3O3/c16-15-4-8-1-9(5-15)3-14(2-8,6-15)13(21)22-12-10(11(17)20)18-7-19-12/h7-9H,1-6H2,(H2,17,20)(H,18,19)/t8-,9+,14?,15?. The minimum absolute atomic E-state index is 0.0265. The zero-order chi connectivity index (χ0) is 15.5. The van der Waals surface area contributed by atoms with E-state index >= 15 is 0 Å². The monoisotopic (exact) mass is 323 g/mol. The minimum Gasteiger partial charge on any atom is -0.404 e. The lowest BCUT2D eigenvalue weighted by Crippen LogP contribution is -2.57. The van der Waals surface area contributed by atoms with Crippen molar-refractivity contribution in [2.45, 2.75) is 43.4 Å². The fourth-order valence-electron chi connectivity index (χ4n) is 5.12. The van der Waals surface area contributed by atoms with Crippen LogP contribution in [-0.2, 0) is 4.79 Å². The number of rotatable bonds is 3. The second kappa shape index (κ2) is 4.47. The number of ether oxygens (including phenoxy) is 1. The van der Waals surface area contributed by atoms with Gasteiger partial charge in [0.25, 0.3) is 11.8 Å². The van der Waals surface area contributed by atoms with Crippen LogP contribution in [0.2, 0.25) is 0 Å². The van der Waals surface area contributed by atoms with E-state index in [0.717, 1.165) is 25.7 Å². The summed E-state index contributed by atoms with van der Waals surface area (Å²) in [7, 11) is 0. The van der Waals surface area contributed by atoms with Crippen molar-refractivity contribution in [1.82, 2.24) is 9.97 Å². The van der Waals surface area contributed by atoms with Crippen LogP contribution in [0.3, 0.4) is 0 Å². The predicted molar refractivity (Wildman–Crippen MR) is 78.4 cm³/mol. The summed E-state index contributed by atoms with van der Waals surface area (Å²) in [6.07, 6.45) is 6.76. The zero-order valence-electron chi connectivity index (χ0n) is 12.1. The van der Waals surface area contributed by atoms with Gasteiger partial charge in [-0.05, 0) is 50.4 Å². The summed E-state index contributed by atoms with van der Waals surface area (Å²) in [4.78, 5) is 30.3. The van der Waals surface area contributed by atoms with Gasteiger partial charge in [-0.25, -0.2) is 4.98 Å². The first kappa shape index (κ1) is 14.1. The van der Waals surface area contributed by atoms with Crippen LogP contribution >= 0.6 is 11.6 Å². The number of esters is 1. The highest BCUT2D eigenvalue weighted by molar-refractivity contribution is 6.24. The van der Waals surface area contributed by atoms with Crippen molar-refractivity contribution in [2.75, 3.05) is 0 Å². The van der Waals surface area contributed by atoms with E-state index in [0.29, 0.717) is 18.3 Å². The molecule has 1 amide bonds. The summed E-state index contributed by atoms with van der Waals surface area (Å²) >= 11 is 6.72. The molecule has 3 N–H and O–H groups in total. The molecule has 4 saturated carbocycles. The third kappa shape index (κ3) is 2.04. The highest BCUT2D eigenvalue weighted by atomic mass is 35.5. The molecule has 5 rings (SSSR count). The zero-order valence-corrected chi connectivity index (χ0v) is 12.9. The molecule has 0 radical (unpaired) electrons. The minimum atomic E-state index is -0.695. The molecule has 1 heterocycles. The van der Waals surface area contributed by atoms with Gasteiger partial charge < -0.3 is 15.5 Å². The maximum absolute atomic E-state index is 12.8. The van der Waals surface area contributed by atoms with E-state index in [4.69, 9.17) is 22.1 Å². The SMILES string of the molecule is NC(=O)c1[nH]cnc1OC(=O)C12C[C@@H]3C[C@@H](CC(Cl)(C3)C1)C2. The number of hydrogen-bond acceptors (Lipinski definition) is 4. The molecule has 6 nitrogen and oxygen atoms in total. The second-order valence-corrected chi connectivity index (χ2v) is 8.03. The Balaban J connectivity index is 1.60. The summed E-state index contributed by atoms with van der Waals surface area (Å²) in [5, 5.41) is 0. The summed E-state index contributed by atoms with van der Waals surface area (Å²) in [5.41, 5.74) is 4.74. The van der Waals surface area contributed by atoms with Crippen LogP contribution in [0.25, 0.3) is 0 Å². The van der Waals surface area contributed by atoms with Gasteiger partial charge in [0, 0.05) is 4.87 Å². The number of halogens is 1. The molecule has 0 saturated heterocycles. The largest absolute Gasteiger partial charge is 0.404 e. The quantitative estimate of drug-likeness (QED) is 0.656. The summed E-state index contributed by atoms with van der Waals surface area (Å²) in [5.74, 6) is -0.0418. The number of amides is 1. The van der Waals surface area contributed by atoms with E-state index in [1.165, 1.54) is 12.7 Å². The average molecular weight is 324 g/mol. The van der Waals surface area contributed by atoms with Crippen LogP contribution in [0.1, 0.15) is 49.0 Å². The number of carbonyl (C=O) groups excluding carboxylic acids is 2. The molecule has 1 aromatic rings. The van der Waals surface area contributed by atoms with Crippen LogP contribution in [0.4, 0.5) is 0 Å². The van der Waals surface area contributed by atoms with Crippen molar-refractivity contribution < 1.29 is 14.3 Å². The molecule has 4 atom stereocenters. The van der Waals surface area contributed by atoms with Crippen molar-refractivity contribution in [3.8, 4) is 5.88 Å². The number of imidazole rings is 1. The Kier molecular flexibility index (Phi) is 2.86. The molecular weight excluding hydrogens is 306 g/mol. The maximum Gasteiger partial charge on any atom is 0.318 e. The number of primary amides is 1. The predicted octanol–water partition coefficient (Wildman–Crippen LogP) is 1.99. The van der Waals surface area contributed by atoms with Gasteiger partial charge in [-0.15, -0.1) is 11.6 Å². The molecular formula is C15H18ClN3O3. The van der Waals surface area contributed by atoms with E-state index in [-0.39, 0.29) is 22.4 Å². The molecule has 4 aliphatic rings. The van der Waals surface area contributed by atoms with Gasteiger partial charge in [0.1, 0.15) is 0 Å². The smallest absolute Gasteiger partial charge is 0.318 e. The first-order valence-corrected chi connectivity index (χ1v) is 8.01. The van der Waals surface area contributed by atoms with Gasteiger partial charge in [-0.2, -0.15) is 0 Å². The second-order valence-electron chi connectivity index (χ2n) is 7.23. The number of nitrogens with one attached hydrogen (secondary N) is 1. The number of nitrogens with zero attached hydrogens (tertiary/aromatic N) is 1. The van der Waals surface area contributed by atoms with Crippen LogP contribution in [-0.4, -0.2) is 26.7 Å². The third-order valence-electron chi connectivity index (χ3n) is 5.46. The lowest BCUT2D eigenvalue weighted by Gasteiger charge is -2.58. The highest BCUT2D eigenvalue weighted by Crippen LogP contribution is 2.64. The van der Waals surface area contributed by atoms with E-state index < -0.39 is 11.3 Å². The first-order chi connectivity index (χ1) is 10.4. The number of alkyl halides is 1. The lowest BCUT2D eigenvalue weighted by atomic mass is 9.49. The third-order valence-corrected chi connectivity index (χ3v) is 5.91. The Hall–Kier alpha value is -1.56. The molecule has 0 aliphatic heterocycles. The number of carbonyl (C=O) groups is 2. The van der Waals surface area contributed by atoms with Gasteiger partial charge in [0.05, 0.1) is 11.7 Å². The van der Waals surface area contributed by atoms with E-state index in [1.54, 1.807) is 0 Å². The van der Waals surface area contributed by atoms with Crippen molar-refractivity contribution >= 4 is 23.5 Å². The molecule has 0 spiro atoms. The fourth-order valence-corrected chi connectivity index (χ4v) is 5.81. The summed E-state index contributed by atoms with van der Waals surface area (Å²) in [6, 6.07) is 0. The van der Waals surface area contributed by atoms with Crippen molar-refractivity contribution in [3.63, 3.8) is 0 Å². The first-order valence-electron chi connectivity index (χ1n) is 7.64. The molecule has 22 heavy (non-hydrogen) atoms. The van der Waals surface area contributed by atoms with E-state index in [9.17, 15) is 9.59 Å². The highest BCUT2D eigenvalue weighted by Gasteiger charge is 2.61. The fraction of sp³-hybridized carbons (Fsp3) is 0.667. The van der Waals surface area contributed by atoms with E-state index in [2.05, 4.69) is 9.97 Å². The number of aromatic amines is 1. The van der Waals surface area contributed by atoms with Crippen LogP contribution in [0.5, 0.6) is 5.88 Å². The Morgan fingerprint density at radius 1 is 1.32 bits per heavy atom. The topological polar surface area (TPSA) is 98.1 Å². The molecule has 0 aromatic carbocycles. The van der Waals surface area contributed by atoms with Gasteiger partial charge in [-0.3, -0.25) is 9.59 Å². The van der Waals surface area contributed by atoms with Crippen LogP contribution in [0, 0.1) is 17.3 Å². The van der Waals surface area contributed by atoms with Gasteiger partial charge in [0.15, 0.2) is 5.69 Å². The van der Waals surface area contributed by atoms with Gasteiger partial charge in [0.2, 0.25) is 0 Å². The van der Waals surface area contributed by atoms with Gasteiger partial charge >= 0.3 is 5.97 Å². The number of nitrogens with two attached hydrogens (primary N) is 1.